The highest BCUT2D eigenvalue weighted by atomic mass is 19.1. The molecule has 2 rings (SSSR count). The maximum atomic E-state index is 13.2. The maximum Gasteiger partial charge on any atom is 0.123 e. The highest BCUT2D eigenvalue weighted by Gasteiger charge is 2.17. The minimum atomic E-state index is -0.152. The minimum absolute atomic E-state index is 0.152. The van der Waals surface area contributed by atoms with Crippen molar-refractivity contribution < 1.29 is 4.39 Å². The molecule has 1 aliphatic carbocycles. The van der Waals surface area contributed by atoms with Gasteiger partial charge in [0.05, 0.1) is 0 Å². The Hall–Kier alpha value is -0.890. The molecule has 0 aromatic heterocycles. The number of halogens is 1. The smallest absolute Gasteiger partial charge is 0.123 e. The highest BCUT2D eigenvalue weighted by molar-refractivity contribution is 5.27. The molecule has 1 saturated carbocycles. The van der Waals surface area contributed by atoms with Gasteiger partial charge in [0.25, 0.3) is 0 Å². The monoisotopic (exact) mass is 249 g/mol. The van der Waals surface area contributed by atoms with E-state index in [2.05, 4.69) is 0 Å². The van der Waals surface area contributed by atoms with Crippen LogP contribution >= 0.6 is 0 Å². The summed E-state index contributed by atoms with van der Waals surface area (Å²) < 4.78 is 13.2. The van der Waals surface area contributed by atoms with E-state index in [1.807, 2.05) is 13.0 Å². The average Bonchev–Trinajstić information content (AvgIpc) is 2.35. The van der Waals surface area contributed by atoms with Crippen molar-refractivity contribution in [1.29, 1.82) is 0 Å². The van der Waals surface area contributed by atoms with Gasteiger partial charge in [-0.3, -0.25) is 0 Å². The molecule has 0 bridgehead atoms. The third-order valence-corrected chi connectivity index (χ3v) is 4.15. The lowest BCUT2D eigenvalue weighted by molar-refractivity contribution is 0.316. The molecule has 1 nitrogen and oxygen atoms in total. The number of benzene rings is 1. The summed E-state index contributed by atoms with van der Waals surface area (Å²) in [6, 6.07) is 5.17. The van der Waals surface area contributed by atoms with E-state index in [1.165, 1.54) is 38.2 Å². The van der Waals surface area contributed by atoms with Crippen molar-refractivity contribution in [2.24, 2.45) is 11.7 Å². The van der Waals surface area contributed by atoms with Crippen LogP contribution in [0.3, 0.4) is 0 Å². The predicted molar refractivity (Wildman–Crippen MR) is 74.0 cm³/mol. The Bertz CT molecular complexity index is 383. The fourth-order valence-electron chi connectivity index (χ4n) is 3.08. The molecule has 2 N–H and O–H groups in total. The Morgan fingerprint density at radius 1 is 1.28 bits per heavy atom. The zero-order valence-corrected chi connectivity index (χ0v) is 11.3. The van der Waals surface area contributed by atoms with Gasteiger partial charge in [-0.05, 0) is 48.9 Å². The SMILES string of the molecule is Cc1ccc(F)cc1CC(N)CC1CCCCC1. The van der Waals surface area contributed by atoms with Gasteiger partial charge in [0.1, 0.15) is 5.82 Å². The lowest BCUT2D eigenvalue weighted by atomic mass is 9.83. The zero-order chi connectivity index (χ0) is 13.0. The zero-order valence-electron chi connectivity index (χ0n) is 11.3. The van der Waals surface area contributed by atoms with Crippen molar-refractivity contribution in [3.63, 3.8) is 0 Å². The predicted octanol–water partition coefficient (Wildman–Crippen LogP) is 3.97. The molecular weight excluding hydrogens is 225 g/mol. The molecule has 1 aromatic carbocycles. The van der Waals surface area contributed by atoms with E-state index in [4.69, 9.17) is 5.73 Å². The lowest BCUT2D eigenvalue weighted by Gasteiger charge is -2.24. The molecule has 2 heteroatoms. The van der Waals surface area contributed by atoms with Crippen LogP contribution in [0.2, 0.25) is 0 Å². The second-order valence-electron chi connectivity index (χ2n) is 5.77. The molecule has 0 aliphatic heterocycles. The van der Waals surface area contributed by atoms with E-state index >= 15 is 0 Å². The topological polar surface area (TPSA) is 26.0 Å². The van der Waals surface area contributed by atoms with Crippen molar-refractivity contribution in [1.82, 2.24) is 0 Å². The molecule has 0 amide bonds. The number of nitrogens with two attached hydrogens (primary N) is 1. The second-order valence-corrected chi connectivity index (χ2v) is 5.77. The standard InChI is InChI=1S/C16H24FN/c1-12-7-8-15(17)10-14(12)11-16(18)9-13-5-3-2-4-6-13/h7-8,10,13,16H,2-6,9,11,18H2,1H3. The van der Waals surface area contributed by atoms with Gasteiger partial charge in [0.15, 0.2) is 0 Å². The Kier molecular flexibility index (Phi) is 4.76. The summed E-state index contributed by atoms with van der Waals surface area (Å²) in [7, 11) is 0. The first-order chi connectivity index (χ1) is 8.65. The van der Waals surface area contributed by atoms with Gasteiger partial charge in [-0.2, -0.15) is 0 Å². The molecule has 0 saturated heterocycles. The summed E-state index contributed by atoms with van der Waals surface area (Å²) in [5, 5.41) is 0. The van der Waals surface area contributed by atoms with E-state index < -0.39 is 0 Å². The summed E-state index contributed by atoms with van der Waals surface area (Å²) in [4.78, 5) is 0. The van der Waals surface area contributed by atoms with E-state index in [1.54, 1.807) is 6.07 Å². The molecule has 1 aromatic rings. The fourth-order valence-corrected chi connectivity index (χ4v) is 3.08. The van der Waals surface area contributed by atoms with Crippen LogP contribution < -0.4 is 5.73 Å². The van der Waals surface area contributed by atoms with E-state index in [0.717, 1.165) is 29.9 Å². The van der Waals surface area contributed by atoms with Gasteiger partial charge in [0, 0.05) is 6.04 Å². The second kappa shape index (κ2) is 6.33. The van der Waals surface area contributed by atoms with Crippen molar-refractivity contribution in [2.45, 2.75) is 57.9 Å². The van der Waals surface area contributed by atoms with Gasteiger partial charge in [-0.1, -0.05) is 38.2 Å². The van der Waals surface area contributed by atoms with Gasteiger partial charge in [-0.25, -0.2) is 4.39 Å². The van der Waals surface area contributed by atoms with Crippen molar-refractivity contribution in [3.05, 3.63) is 35.1 Å². The molecule has 1 aliphatic rings. The average molecular weight is 249 g/mol. The highest BCUT2D eigenvalue weighted by Crippen LogP contribution is 2.27. The molecule has 1 fully saturated rings. The molecular formula is C16H24FN. The van der Waals surface area contributed by atoms with E-state index in [9.17, 15) is 4.39 Å². The third-order valence-electron chi connectivity index (χ3n) is 4.15. The van der Waals surface area contributed by atoms with Crippen LogP contribution in [0.1, 0.15) is 49.7 Å². The number of rotatable bonds is 4. The van der Waals surface area contributed by atoms with Crippen molar-refractivity contribution in [2.75, 3.05) is 0 Å². The van der Waals surface area contributed by atoms with Crippen LogP contribution in [0.15, 0.2) is 18.2 Å². The first kappa shape index (κ1) is 13.5. The van der Waals surface area contributed by atoms with Gasteiger partial charge < -0.3 is 5.73 Å². The molecule has 1 atom stereocenters. The Morgan fingerprint density at radius 3 is 2.72 bits per heavy atom. The van der Waals surface area contributed by atoms with Crippen LogP contribution in [-0.2, 0) is 6.42 Å². The first-order valence-electron chi connectivity index (χ1n) is 7.16. The van der Waals surface area contributed by atoms with Gasteiger partial charge in [0.2, 0.25) is 0 Å². The fraction of sp³-hybridized carbons (Fsp3) is 0.625. The van der Waals surface area contributed by atoms with E-state index in [0.29, 0.717) is 0 Å². The summed E-state index contributed by atoms with van der Waals surface area (Å²) in [6.07, 6.45) is 8.66. The molecule has 100 valence electrons. The van der Waals surface area contributed by atoms with Gasteiger partial charge >= 0.3 is 0 Å². The van der Waals surface area contributed by atoms with Crippen molar-refractivity contribution in [3.8, 4) is 0 Å². The molecule has 0 radical (unpaired) electrons. The Balaban J connectivity index is 1.89. The van der Waals surface area contributed by atoms with Crippen LogP contribution in [-0.4, -0.2) is 6.04 Å². The summed E-state index contributed by atoms with van der Waals surface area (Å²) in [5.41, 5.74) is 8.45. The number of hydrogen-bond donors (Lipinski definition) is 1. The largest absolute Gasteiger partial charge is 0.327 e. The normalized spacial score (nSPS) is 18.8. The van der Waals surface area contributed by atoms with Crippen molar-refractivity contribution >= 4 is 0 Å². The molecule has 0 spiro atoms. The molecule has 0 heterocycles. The number of aryl methyl sites for hydroxylation is 1. The van der Waals surface area contributed by atoms with Crippen LogP contribution in [0.25, 0.3) is 0 Å². The minimum Gasteiger partial charge on any atom is -0.327 e. The van der Waals surface area contributed by atoms with Crippen LogP contribution in [0, 0.1) is 18.7 Å². The Labute approximate surface area is 110 Å². The quantitative estimate of drug-likeness (QED) is 0.858. The van der Waals surface area contributed by atoms with E-state index in [-0.39, 0.29) is 11.9 Å². The lowest BCUT2D eigenvalue weighted by Crippen LogP contribution is -2.27. The maximum absolute atomic E-state index is 13.2. The summed E-state index contributed by atoms with van der Waals surface area (Å²) in [6.45, 7) is 2.03. The number of hydrogen-bond acceptors (Lipinski definition) is 1. The van der Waals surface area contributed by atoms with Crippen LogP contribution in [0.5, 0.6) is 0 Å². The molecule has 1 unspecified atom stereocenters. The van der Waals surface area contributed by atoms with Gasteiger partial charge in [-0.15, -0.1) is 0 Å². The summed E-state index contributed by atoms with van der Waals surface area (Å²) >= 11 is 0. The third kappa shape index (κ3) is 3.81. The first-order valence-corrected chi connectivity index (χ1v) is 7.16. The van der Waals surface area contributed by atoms with Crippen LogP contribution in [0.4, 0.5) is 4.39 Å². The molecule has 18 heavy (non-hydrogen) atoms. The summed E-state index contributed by atoms with van der Waals surface area (Å²) in [5.74, 6) is 0.642. The Morgan fingerprint density at radius 2 is 2.00 bits per heavy atom.